The van der Waals surface area contributed by atoms with Crippen molar-refractivity contribution in [2.24, 2.45) is 5.92 Å². The van der Waals surface area contributed by atoms with Crippen LogP contribution in [0.2, 0.25) is 0 Å². The number of methoxy groups -OCH3 is 1. The molecule has 0 unspecified atom stereocenters. The molecule has 0 spiro atoms. The highest BCUT2D eigenvalue weighted by Crippen LogP contribution is 2.40. The molecule has 0 aliphatic carbocycles. The van der Waals surface area contributed by atoms with Crippen molar-refractivity contribution in [3.8, 4) is 0 Å². The summed E-state index contributed by atoms with van der Waals surface area (Å²) in [5, 5.41) is 2.70. The highest BCUT2D eigenvalue weighted by Gasteiger charge is 2.38. The maximum atomic E-state index is 12.8. The van der Waals surface area contributed by atoms with Gasteiger partial charge in [-0.25, -0.2) is 4.79 Å². The van der Waals surface area contributed by atoms with Crippen molar-refractivity contribution in [3.05, 3.63) is 108 Å². The molecule has 3 aromatic carbocycles. The molecule has 1 N–H and O–H groups in total. The lowest BCUT2D eigenvalue weighted by Gasteiger charge is -2.36. The molecule has 2 atom stereocenters. The zero-order valence-electron chi connectivity index (χ0n) is 18.8. The first kappa shape index (κ1) is 24.6. The zero-order valence-corrected chi connectivity index (χ0v) is 19.7. The molecule has 0 aliphatic heterocycles. The minimum Gasteiger partial charge on any atom is -0.467 e. The molecule has 0 fully saturated rings. The Morgan fingerprint density at radius 3 is 1.64 bits per heavy atom. The smallest absolute Gasteiger partial charge is 0.329 e. The number of amides is 1. The van der Waals surface area contributed by atoms with E-state index in [0.29, 0.717) is 0 Å². The summed E-state index contributed by atoms with van der Waals surface area (Å²) in [4.78, 5) is 24.7. The SMILES string of the molecule is COC(=O)[C@H](CS)NC(=O)[C@@H](C)COC(c1ccccc1)(c1ccccc1)c1ccccc1. The summed E-state index contributed by atoms with van der Waals surface area (Å²) in [6, 6.07) is 29.1. The summed E-state index contributed by atoms with van der Waals surface area (Å²) >= 11 is 4.15. The minimum atomic E-state index is -0.913. The van der Waals surface area contributed by atoms with E-state index in [1.165, 1.54) is 7.11 Å². The molecule has 1 amide bonds. The van der Waals surface area contributed by atoms with Gasteiger partial charge in [0, 0.05) is 5.75 Å². The van der Waals surface area contributed by atoms with Crippen LogP contribution in [0, 0.1) is 5.92 Å². The van der Waals surface area contributed by atoms with Gasteiger partial charge in [-0.15, -0.1) is 0 Å². The Hall–Kier alpha value is -3.09. The van der Waals surface area contributed by atoms with Gasteiger partial charge in [0.1, 0.15) is 11.6 Å². The summed E-state index contributed by atoms with van der Waals surface area (Å²) < 4.78 is 11.4. The van der Waals surface area contributed by atoms with Gasteiger partial charge in [-0.2, -0.15) is 12.6 Å². The van der Waals surface area contributed by atoms with Crippen LogP contribution in [0.4, 0.5) is 0 Å². The van der Waals surface area contributed by atoms with Gasteiger partial charge in [-0.3, -0.25) is 4.79 Å². The largest absolute Gasteiger partial charge is 0.467 e. The maximum absolute atomic E-state index is 12.8. The number of hydrogen-bond acceptors (Lipinski definition) is 5. The summed E-state index contributed by atoms with van der Waals surface area (Å²) in [7, 11) is 1.28. The minimum absolute atomic E-state index is 0.130. The fourth-order valence-electron chi connectivity index (χ4n) is 3.73. The Kier molecular flexibility index (Phi) is 8.69. The second-order valence-corrected chi connectivity index (χ2v) is 8.12. The number of esters is 1. The molecule has 0 aromatic heterocycles. The summed E-state index contributed by atoms with van der Waals surface area (Å²) in [5.74, 6) is -1.21. The molecular formula is C27H29NO4S. The van der Waals surface area contributed by atoms with E-state index in [4.69, 9.17) is 9.47 Å². The average molecular weight is 464 g/mol. The Balaban J connectivity index is 1.96. The van der Waals surface area contributed by atoms with E-state index in [9.17, 15) is 9.59 Å². The van der Waals surface area contributed by atoms with E-state index in [-0.39, 0.29) is 18.3 Å². The predicted octanol–water partition coefficient (Wildman–Crippen LogP) is 4.22. The average Bonchev–Trinajstić information content (AvgIpc) is 2.88. The van der Waals surface area contributed by atoms with E-state index in [2.05, 4.69) is 17.9 Å². The standard InChI is InChI=1S/C27H29NO4S/c1-20(25(29)28-24(19-33)26(30)31-2)18-32-27(21-12-6-3-7-13-21,22-14-8-4-9-15-22)23-16-10-5-11-17-23/h3-17,20,24,33H,18-19H2,1-2H3,(H,28,29)/t20-,24-/m0/s1. The number of carbonyl (C=O) groups is 2. The van der Waals surface area contributed by atoms with Crippen LogP contribution in [0.5, 0.6) is 0 Å². The number of hydrogen-bond donors (Lipinski definition) is 2. The number of nitrogens with one attached hydrogen (secondary N) is 1. The summed E-state index contributed by atoms with van der Waals surface area (Å²) in [6.07, 6.45) is 0. The van der Waals surface area contributed by atoms with Crippen LogP contribution in [0.3, 0.4) is 0 Å². The topological polar surface area (TPSA) is 64.6 Å². The highest BCUT2D eigenvalue weighted by atomic mass is 32.1. The molecule has 0 saturated carbocycles. The van der Waals surface area contributed by atoms with Gasteiger partial charge in [0.15, 0.2) is 0 Å². The van der Waals surface area contributed by atoms with Gasteiger partial charge in [0.25, 0.3) is 0 Å². The van der Waals surface area contributed by atoms with Crippen molar-refractivity contribution in [1.82, 2.24) is 5.32 Å². The van der Waals surface area contributed by atoms with Crippen LogP contribution in [-0.4, -0.2) is 37.4 Å². The van der Waals surface area contributed by atoms with Gasteiger partial charge < -0.3 is 14.8 Å². The molecule has 6 heteroatoms. The highest BCUT2D eigenvalue weighted by molar-refractivity contribution is 7.80. The number of ether oxygens (including phenoxy) is 2. The van der Waals surface area contributed by atoms with Gasteiger partial charge in [0.05, 0.1) is 19.6 Å². The lowest BCUT2D eigenvalue weighted by atomic mass is 9.80. The number of carbonyl (C=O) groups excluding carboxylic acids is 2. The number of thiol groups is 1. The lowest BCUT2D eigenvalue weighted by molar-refractivity contribution is -0.145. The monoisotopic (exact) mass is 463 g/mol. The van der Waals surface area contributed by atoms with Gasteiger partial charge in [-0.05, 0) is 16.7 Å². The molecule has 172 valence electrons. The van der Waals surface area contributed by atoms with Crippen LogP contribution in [-0.2, 0) is 24.7 Å². The van der Waals surface area contributed by atoms with Crippen molar-refractivity contribution < 1.29 is 19.1 Å². The predicted molar refractivity (Wildman–Crippen MR) is 132 cm³/mol. The Bertz CT molecular complexity index is 931. The third-order valence-electron chi connectivity index (χ3n) is 5.52. The van der Waals surface area contributed by atoms with Crippen molar-refractivity contribution in [3.63, 3.8) is 0 Å². The molecule has 3 rings (SSSR count). The normalized spacial score (nSPS) is 13.1. The lowest BCUT2D eigenvalue weighted by Crippen LogP contribution is -2.46. The van der Waals surface area contributed by atoms with Crippen molar-refractivity contribution in [2.45, 2.75) is 18.6 Å². The quantitative estimate of drug-likeness (QED) is 0.268. The van der Waals surface area contributed by atoms with E-state index >= 15 is 0 Å². The van der Waals surface area contributed by atoms with Gasteiger partial charge in [0.2, 0.25) is 5.91 Å². The molecular weight excluding hydrogens is 434 g/mol. The first-order valence-electron chi connectivity index (χ1n) is 10.8. The van der Waals surface area contributed by atoms with Crippen molar-refractivity contribution >= 4 is 24.5 Å². The fraction of sp³-hybridized carbons (Fsp3) is 0.259. The van der Waals surface area contributed by atoms with Crippen molar-refractivity contribution in [1.29, 1.82) is 0 Å². The van der Waals surface area contributed by atoms with Crippen LogP contribution in [0.1, 0.15) is 23.6 Å². The zero-order chi connectivity index (χ0) is 23.7. The Morgan fingerprint density at radius 1 is 0.848 bits per heavy atom. The third-order valence-corrected chi connectivity index (χ3v) is 5.89. The van der Waals surface area contributed by atoms with Crippen LogP contribution >= 0.6 is 12.6 Å². The van der Waals surface area contributed by atoms with E-state index in [1.807, 2.05) is 91.0 Å². The first-order valence-corrected chi connectivity index (χ1v) is 11.5. The van der Waals surface area contributed by atoms with Crippen LogP contribution in [0.15, 0.2) is 91.0 Å². The van der Waals surface area contributed by atoms with Crippen molar-refractivity contribution in [2.75, 3.05) is 19.5 Å². The number of benzene rings is 3. The molecule has 0 radical (unpaired) electrons. The molecule has 5 nitrogen and oxygen atoms in total. The fourth-order valence-corrected chi connectivity index (χ4v) is 3.97. The second-order valence-electron chi connectivity index (χ2n) is 7.76. The van der Waals surface area contributed by atoms with Gasteiger partial charge >= 0.3 is 5.97 Å². The third kappa shape index (κ3) is 5.64. The maximum Gasteiger partial charge on any atom is 0.329 e. The Labute approximate surface area is 200 Å². The molecule has 3 aromatic rings. The number of rotatable bonds is 10. The molecule has 0 heterocycles. The molecule has 0 bridgehead atoms. The summed E-state index contributed by atoms with van der Waals surface area (Å²) in [5.41, 5.74) is 1.96. The van der Waals surface area contributed by atoms with E-state index < -0.39 is 23.5 Å². The van der Waals surface area contributed by atoms with Crippen LogP contribution < -0.4 is 5.32 Å². The molecule has 0 saturated heterocycles. The Morgan fingerprint density at radius 2 is 1.27 bits per heavy atom. The first-order chi connectivity index (χ1) is 16.0. The van der Waals surface area contributed by atoms with Crippen LogP contribution in [0.25, 0.3) is 0 Å². The van der Waals surface area contributed by atoms with E-state index in [1.54, 1.807) is 6.92 Å². The van der Waals surface area contributed by atoms with Gasteiger partial charge in [-0.1, -0.05) is 97.9 Å². The molecule has 0 aliphatic rings. The second kappa shape index (κ2) is 11.7. The van der Waals surface area contributed by atoms with E-state index in [0.717, 1.165) is 16.7 Å². The summed E-state index contributed by atoms with van der Waals surface area (Å²) in [6.45, 7) is 1.90. The molecule has 33 heavy (non-hydrogen) atoms.